The average molecular weight is 634 g/mol. The molecule has 0 saturated carbocycles. The first kappa shape index (κ1) is 33.2. The number of carbonyl (C=O) groups excluding carboxylic acids is 1. The number of anilines is 1. The number of nitrogen functional groups attached to an aromatic ring is 1. The van der Waals surface area contributed by atoms with Crippen molar-refractivity contribution in [2.24, 2.45) is 15.9 Å². The molecule has 4 heterocycles. The molecule has 0 aliphatic carbocycles. The lowest BCUT2D eigenvalue weighted by atomic mass is 9.94. The summed E-state index contributed by atoms with van der Waals surface area (Å²) in [6.07, 6.45) is 10.0. The van der Waals surface area contributed by atoms with E-state index in [4.69, 9.17) is 25.2 Å². The van der Waals surface area contributed by atoms with Gasteiger partial charge in [0.15, 0.2) is 11.5 Å². The Balaban J connectivity index is 1.46. The second-order valence-electron chi connectivity index (χ2n) is 11.5. The quantitative estimate of drug-likeness (QED) is 0.136. The van der Waals surface area contributed by atoms with Crippen molar-refractivity contribution in [2.45, 2.75) is 40.0 Å². The first-order valence-corrected chi connectivity index (χ1v) is 15.9. The van der Waals surface area contributed by atoms with Gasteiger partial charge in [0.2, 0.25) is 12.7 Å². The van der Waals surface area contributed by atoms with Crippen LogP contribution in [0.4, 0.5) is 11.5 Å². The number of piperidine rings is 1. The van der Waals surface area contributed by atoms with Gasteiger partial charge in [0.25, 0.3) is 0 Å². The van der Waals surface area contributed by atoms with E-state index in [9.17, 15) is 4.79 Å². The van der Waals surface area contributed by atoms with Gasteiger partial charge in [-0.2, -0.15) is 0 Å². The third-order valence-electron chi connectivity index (χ3n) is 8.17. The number of fused-ring (bicyclic) bond motifs is 1. The molecule has 0 radical (unpaired) electrons. The molecule has 2 aromatic heterocycles. The van der Waals surface area contributed by atoms with Crippen LogP contribution in [0.15, 0.2) is 83.0 Å². The zero-order valence-electron chi connectivity index (χ0n) is 27.4. The molecule has 5 N–H and O–H groups in total. The summed E-state index contributed by atoms with van der Waals surface area (Å²) in [5.41, 5.74) is 13.7. The van der Waals surface area contributed by atoms with Crippen LogP contribution in [0.25, 0.3) is 11.1 Å². The fourth-order valence-electron chi connectivity index (χ4n) is 5.93. The van der Waals surface area contributed by atoms with Gasteiger partial charge in [0.1, 0.15) is 17.2 Å². The molecule has 0 atom stereocenters. The molecule has 1 amide bonds. The van der Waals surface area contributed by atoms with E-state index in [1.807, 2.05) is 75.4 Å². The molecular formula is C37H43N7O3. The van der Waals surface area contributed by atoms with E-state index >= 15 is 0 Å². The normalized spacial score (nSPS) is 15.9. The van der Waals surface area contributed by atoms with Crippen molar-refractivity contribution >= 4 is 41.0 Å². The summed E-state index contributed by atoms with van der Waals surface area (Å²) in [5, 5.41) is 6.39. The molecule has 5 rings (SSSR count). The van der Waals surface area contributed by atoms with Crippen molar-refractivity contribution < 1.29 is 14.3 Å². The third-order valence-corrected chi connectivity index (χ3v) is 8.17. The minimum atomic E-state index is 0.0161. The maximum atomic E-state index is 12.8. The highest BCUT2D eigenvalue weighted by Gasteiger charge is 2.22. The van der Waals surface area contributed by atoms with Crippen LogP contribution in [0.2, 0.25) is 0 Å². The Labute approximate surface area is 276 Å². The summed E-state index contributed by atoms with van der Waals surface area (Å²) >= 11 is 0. The van der Waals surface area contributed by atoms with E-state index < -0.39 is 0 Å². The van der Waals surface area contributed by atoms with Gasteiger partial charge in [-0.1, -0.05) is 30.9 Å². The number of nitrogens with two attached hydrogens (primary N) is 1. The van der Waals surface area contributed by atoms with Gasteiger partial charge in [-0.05, 0) is 107 Å². The lowest BCUT2D eigenvalue weighted by molar-refractivity contribution is -0.121. The highest BCUT2D eigenvalue weighted by molar-refractivity contribution is 6.14. The molecule has 0 spiro atoms. The Morgan fingerprint density at radius 1 is 1.17 bits per heavy atom. The number of amides is 1. The predicted molar refractivity (Wildman–Crippen MR) is 190 cm³/mol. The van der Waals surface area contributed by atoms with Gasteiger partial charge in [0, 0.05) is 29.8 Å². The highest BCUT2D eigenvalue weighted by Crippen LogP contribution is 2.39. The molecule has 0 bridgehead atoms. The van der Waals surface area contributed by atoms with Gasteiger partial charge >= 0.3 is 0 Å². The van der Waals surface area contributed by atoms with Crippen LogP contribution in [-0.4, -0.2) is 54.7 Å². The Bertz CT molecular complexity index is 1770. The molecule has 1 aromatic carbocycles. The number of benzene rings is 1. The number of H-pyrrole nitrogens is 1. The summed E-state index contributed by atoms with van der Waals surface area (Å²) < 4.78 is 11.1. The lowest BCUT2D eigenvalue weighted by Crippen LogP contribution is -2.31. The van der Waals surface area contributed by atoms with Gasteiger partial charge in [0.05, 0.1) is 17.1 Å². The van der Waals surface area contributed by atoms with E-state index in [0.717, 1.165) is 53.9 Å². The zero-order valence-corrected chi connectivity index (χ0v) is 27.4. The minimum absolute atomic E-state index is 0.0161. The standard InChI is InChI=1S/C37H43N7O3/c1-6-9-26(18-23(4)42-34(45)19-24-14-16-40-17-15-24)30-12-11-29(38)35(43-30)36(41-8-3)31-21-28(37(39-5)44-31)27(7-2)25-10-13-32-33(20-25)47-22-46-32/h6-7,9-13,18,20-21,24,40,44H,1,5,8,14-17,19,22,38H2,2-4H3,(H,42,45)/b23-18+,26-9+,27-7-,41-36?. The summed E-state index contributed by atoms with van der Waals surface area (Å²) in [5.74, 6) is 2.42. The van der Waals surface area contributed by atoms with Crippen LogP contribution in [0.3, 0.4) is 0 Å². The summed E-state index contributed by atoms with van der Waals surface area (Å²) in [6.45, 7) is 16.1. The Kier molecular flexibility index (Phi) is 10.8. The van der Waals surface area contributed by atoms with Gasteiger partial charge in [-0.3, -0.25) is 9.79 Å². The first-order valence-electron chi connectivity index (χ1n) is 15.9. The Morgan fingerprint density at radius 3 is 2.68 bits per heavy atom. The molecule has 47 heavy (non-hydrogen) atoms. The maximum Gasteiger partial charge on any atom is 0.231 e. The number of pyridine rings is 1. The molecule has 1 fully saturated rings. The van der Waals surface area contributed by atoms with Crippen molar-refractivity contribution in [1.29, 1.82) is 0 Å². The number of aromatic nitrogens is 2. The van der Waals surface area contributed by atoms with Crippen molar-refractivity contribution in [3.8, 4) is 11.5 Å². The molecule has 10 heteroatoms. The summed E-state index contributed by atoms with van der Waals surface area (Å²) in [6, 6.07) is 11.5. The maximum absolute atomic E-state index is 12.8. The predicted octanol–water partition coefficient (Wildman–Crippen LogP) is 6.34. The smallest absolute Gasteiger partial charge is 0.231 e. The van der Waals surface area contributed by atoms with E-state index in [1.54, 1.807) is 6.08 Å². The fraction of sp³-hybridized carbons (Fsp3) is 0.297. The average Bonchev–Trinajstić information content (AvgIpc) is 3.72. The van der Waals surface area contributed by atoms with E-state index in [2.05, 4.69) is 33.9 Å². The van der Waals surface area contributed by atoms with Crippen molar-refractivity contribution in [3.05, 3.63) is 101 Å². The van der Waals surface area contributed by atoms with Crippen LogP contribution in [-0.2, 0) is 4.79 Å². The monoisotopic (exact) mass is 633 g/mol. The van der Waals surface area contributed by atoms with Crippen LogP contribution in [0.5, 0.6) is 11.5 Å². The van der Waals surface area contributed by atoms with E-state index in [0.29, 0.717) is 64.7 Å². The SMILES string of the molecule is C=C/C=C(\C=C(/C)NC(=O)CC1CCNCC1)c1ccc(N)c(C(=NCC)c2cc(/C(=C\C)c3ccc4c(c3)OCO4)c(N=C)[nH]2)n1. The van der Waals surface area contributed by atoms with Gasteiger partial charge < -0.3 is 30.8 Å². The summed E-state index contributed by atoms with van der Waals surface area (Å²) in [4.78, 5) is 30.3. The molecule has 244 valence electrons. The molecule has 3 aromatic rings. The van der Waals surface area contributed by atoms with Crippen molar-refractivity contribution in [1.82, 2.24) is 20.6 Å². The number of hydrogen-bond acceptors (Lipinski definition) is 8. The topological polar surface area (TPSA) is 139 Å². The molecule has 1 saturated heterocycles. The molecule has 2 aliphatic rings. The number of carbonyl (C=O) groups is 1. The second kappa shape index (κ2) is 15.4. The number of hydrogen-bond donors (Lipinski definition) is 4. The molecule has 10 nitrogen and oxygen atoms in total. The highest BCUT2D eigenvalue weighted by atomic mass is 16.7. The second-order valence-corrected chi connectivity index (χ2v) is 11.5. The number of nitrogens with zero attached hydrogens (tertiary/aromatic N) is 3. The molecular weight excluding hydrogens is 590 g/mol. The largest absolute Gasteiger partial charge is 0.454 e. The minimum Gasteiger partial charge on any atom is -0.454 e. The molecule has 2 aliphatic heterocycles. The lowest BCUT2D eigenvalue weighted by Gasteiger charge is -2.22. The van der Waals surface area contributed by atoms with Crippen molar-refractivity contribution in [2.75, 3.05) is 32.2 Å². The fourth-order valence-corrected chi connectivity index (χ4v) is 5.93. The Morgan fingerprint density at radius 2 is 1.96 bits per heavy atom. The van der Waals surface area contributed by atoms with Gasteiger partial charge in [-0.15, -0.1) is 0 Å². The van der Waals surface area contributed by atoms with Crippen LogP contribution in [0.1, 0.15) is 68.2 Å². The number of aliphatic imine (C=N–C) groups is 2. The van der Waals surface area contributed by atoms with Crippen molar-refractivity contribution in [3.63, 3.8) is 0 Å². The number of rotatable bonds is 12. The molecule has 0 unspecified atom stereocenters. The van der Waals surface area contributed by atoms with Crippen LogP contribution >= 0.6 is 0 Å². The number of aromatic amines is 1. The number of nitrogens with one attached hydrogen (secondary N) is 3. The first-order chi connectivity index (χ1) is 22.8. The third kappa shape index (κ3) is 7.78. The zero-order chi connectivity index (χ0) is 33.3. The van der Waals surface area contributed by atoms with E-state index in [-0.39, 0.29) is 12.7 Å². The number of ether oxygens (including phenoxy) is 2. The van der Waals surface area contributed by atoms with E-state index in [1.165, 1.54) is 0 Å². The number of allylic oxidation sites excluding steroid dienone is 6. The van der Waals surface area contributed by atoms with Crippen LogP contribution < -0.4 is 25.8 Å². The Hall–Kier alpha value is -5.22. The van der Waals surface area contributed by atoms with Crippen LogP contribution in [0, 0.1) is 5.92 Å². The summed E-state index contributed by atoms with van der Waals surface area (Å²) in [7, 11) is 0. The van der Waals surface area contributed by atoms with Gasteiger partial charge in [-0.25, -0.2) is 9.98 Å².